The molecule has 2 amide bonds. The SMILES string of the molecule is CCON=C(C(=O)NC1C(=O)N2C=C(C[n+]3cccc(O)c3)CS[C@@H]12)c1nsc(N)n1. The van der Waals surface area contributed by atoms with E-state index in [4.69, 9.17) is 10.6 Å². The molecule has 1 unspecified atom stereocenters. The predicted molar refractivity (Wildman–Crippen MR) is 114 cm³/mol. The summed E-state index contributed by atoms with van der Waals surface area (Å²) in [6.07, 6.45) is 5.27. The molecule has 4 heterocycles. The Bertz CT molecular complexity index is 1070. The van der Waals surface area contributed by atoms with Gasteiger partial charge in [0, 0.05) is 35.1 Å². The second-order valence-electron chi connectivity index (χ2n) is 6.73. The number of pyridine rings is 1. The molecule has 31 heavy (non-hydrogen) atoms. The fourth-order valence-electron chi connectivity index (χ4n) is 3.14. The maximum Gasteiger partial charge on any atom is 0.278 e. The van der Waals surface area contributed by atoms with Crippen molar-refractivity contribution in [3.63, 3.8) is 0 Å². The van der Waals surface area contributed by atoms with E-state index in [-0.39, 0.29) is 40.3 Å². The number of aromatic hydroxyl groups is 1. The third-order valence-corrected chi connectivity index (χ3v) is 6.43. The van der Waals surface area contributed by atoms with Gasteiger partial charge in [-0.05, 0) is 13.0 Å². The Labute approximate surface area is 185 Å². The molecule has 2 aliphatic rings. The number of aromatic nitrogens is 3. The van der Waals surface area contributed by atoms with Crippen LogP contribution in [-0.4, -0.2) is 60.7 Å². The monoisotopic (exact) mass is 462 g/mol. The number of amides is 2. The lowest BCUT2D eigenvalue weighted by atomic mass is 10.1. The third kappa shape index (κ3) is 4.46. The quantitative estimate of drug-likeness (QED) is 0.223. The van der Waals surface area contributed by atoms with Crippen molar-refractivity contribution in [3.05, 3.63) is 42.1 Å². The lowest BCUT2D eigenvalue weighted by molar-refractivity contribution is -0.689. The maximum atomic E-state index is 12.8. The average Bonchev–Trinajstić information content (AvgIpc) is 3.18. The van der Waals surface area contributed by atoms with Crippen LogP contribution in [0.4, 0.5) is 5.13 Å². The number of nitrogens with zero attached hydrogens (tertiary/aromatic N) is 5. The van der Waals surface area contributed by atoms with Crippen LogP contribution >= 0.6 is 23.3 Å². The molecule has 2 aromatic rings. The van der Waals surface area contributed by atoms with Gasteiger partial charge in [0.05, 0.1) is 0 Å². The summed E-state index contributed by atoms with van der Waals surface area (Å²) in [4.78, 5) is 36.0. The van der Waals surface area contributed by atoms with E-state index >= 15 is 0 Å². The average molecular weight is 463 g/mol. The molecule has 0 saturated carbocycles. The molecule has 0 radical (unpaired) electrons. The number of nitrogens with two attached hydrogens (primary N) is 1. The van der Waals surface area contributed by atoms with Crippen molar-refractivity contribution in [2.24, 2.45) is 5.16 Å². The molecular formula is C18H20N7O4S2+. The molecule has 0 spiro atoms. The summed E-state index contributed by atoms with van der Waals surface area (Å²) in [6, 6.07) is 2.66. The normalized spacial score (nSPS) is 20.5. The molecular weight excluding hydrogens is 442 g/mol. The maximum absolute atomic E-state index is 12.8. The molecule has 4 N–H and O–H groups in total. The third-order valence-electron chi connectivity index (χ3n) is 4.51. The van der Waals surface area contributed by atoms with Crippen LogP contribution in [0.1, 0.15) is 12.7 Å². The molecule has 2 atom stereocenters. The second kappa shape index (κ2) is 8.89. The van der Waals surface area contributed by atoms with Crippen LogP contribution in [0.3, 0.4) is 0 Å². The Hall–Kier alpha value is -3.19. The van der Waals surface area contributed by atoms with Gasteiger partial charge in [-0.3, -0.25) is 9.59 Å². The Morgan fingerprint density at radius 1 is 1.55 bits per heavy atom. The zero-order chi connectivity index (χ0) is 22.0. The van der Waals surface area contributed by atoms with Crippen molar-refractivity contribution in [2.45, 2.75) is 24.9 Å². The molecule has 11 nitrogen and oxygen atoms in total. The topological polar surface area (TPSA) is 147 Å². The Balaban J connectivity index is 1.43. The van der Waals surface area contributed by atoms with Gasteiger partial charge in [-0.15, -0.1) is 11.8 Å². The Morgan fingerprint density at radius 2 is 2.39 bits per heavy atom. The zero-order valence-corrected chi connectivity index (χ0v) is 18.1. The Morgan fingerprint density at radius 3 is 3.10 bits per heavy atom. The summed E-state index contributed by atoms with van der Waals surface area (Å²) in [6.45, 7) is 2.54. The second-order valence-corrected chi connectivity index (χ2v) is 8.62. The van der Waals surface area contributed by atoms with Gasteiger partial charge in [0.1, 0.15) is 18.0 Å². The molecule has 2 aliphatic heterocycles. The number of rotatable bonds is 7. The molecule has 0 bridgehead atoms. The van der Waals surface area contributed by atoms with Crippen LogP contribution in [-0.2, 0) is 21.0 Å². The first kappa shape index (κ1) is 21.1. The minimum Gasteiger partial charge on any atom is -0.503 e. The van der Waals surface area contributed by atoms with E-state index in [0.717, 1.165) is 17.1 Å². The predicted octanol–water partition coefficient (Wildman–Crippen LogP) is -0.162. The number of β-lactam (4-membered cyclic amide) rings is 1. The number of nitrogens with one attached hydrogen (secondary N) is 1. The zero-order valence-electron chi connectivity index (χ0n) is 16.5. The van der Waals surface area contributed by atoms with E-state index in [0.29, 0.717) is 12.3 Å². The standard InChI is InChI=1S/C18H19N7O4S2/c1-2-29-22-12(14-21-18(19)31-23-14)15(27)20-13-16(28)25-7-10(9-30-17(13)25)6-24-5-3-4-11(26)8-24/h3-5,7-8,13,17H,2,6,9H2,1H3,(H3-,19,20,21,23,26,27)/p+1/t13?,17-/m0/s1. The summed E-state index contributed by atoms with van der Waals surface area (Å²) >= 11 is 2.49. The van der Waals surface area contributed by atoms with Gasteiger partial charge in [0.25, 0.3) is 11.8 Å². The van der Waals surface area contributed by atoms with E-state index in [1.165, 1.54) is 0 Å². The van der Waals surface area contributed by atoms with Gasteiger partial charge < -0.3 is 25.9 Å². The number of fused-ring (bicyclic) bond motifs is 1. The Kier molecular flexibility index (Phi) is 6.04. The number of nitrogen functional groups attached to an aromatic ring is 1. The molecule has 4 rings (SSSR count). The van der Waals surface area contributed by atoms with Crippen LogP contribution in [0, 0.1) is 0 Å². The minimum absolute atomic E-state index is 0.0543. The summed E-state index contributed by atoms with van der Waals surface area (Å²) in [5, 5.41) is 16.1. The number of hydrogen-bond donors (Lipinski definition) is 3. The summed E-state index contributed by atoms with van der Waals surface area (Å²) < 4.78 is 5.84. The number of carbonyl (C=O) groups excluding carboxylic acids is 2. The van der Waals surface area contributed by atoms with E-state index in [1.807, 2.05) is 10.8 Å². The molecule has 162 valence electrons. The lowest BCUT2D eigenvalue weighted by Gasteiger charge is -2.47. The smallest absolute Gasteiger partial charge is 0.278 e. The van der Waals surface area contributed by atoms with Crippen molar-refractivity contribution in [2.75, 3.05) is 18.1 Å². The van der Waals surface area contributed by atoms with E-state index in [9.17, 15) is 14.7 Å². The molecule has 2 aromatic heterocycles. The van der Waals surface area contributed by atoms with Crippen molar-refractivity contribution in [1.82, 2.24) is 19.6 Å². The van der Waals surface area contributed by atoms with Gasteiger partial charge in [0.15, 0.2) is 23.6 Å². The minimum atomic E-state index is -0.688. The first-order valence-electron chi connectivity index (χ1n) is 9.38. The van der Waals surface area contributed by atoms with E-state index in [2.05, 4.69) is 19.8 Å². The number of hydrogen-bond acceptors (Lipinski definition) is 10. The number of oxime groups is 1. The van der Waals surface area contributed by atoms with Crippen LogP contribution < -0.4 is 15.6 Å². The van der Waals surface area contributed by atoms with E-state index < -0.39 is 11.9 Å². The molecule has 1 fully saturated rings. The lowest BCUT2D eigenvalue weighted by Crippen LogP contribution is -2.69. The summed E-state index contributed by atoms with van der Waals surface area (Å²) in [5.74, 6) is 0.0975. The van der Waals surface area contributed by atoms with Gasteiger partial charge in [-0.2, -0.15) is 13.9 Å². The van der Waals surface area contributed by atoms with Crippen LogP contribution in [0.15, 0.2) is 41.5 Å². The van der Waals surface area contributed by atoms with Crippen molar-refractivity contribution in [3.8, 4) is 5.75 Å². The van der Waals surface area contributed by atoms with Crippen molar-refractivity contribution in [1.29, 1.82) is 0 Å². The highest BCUT2D eigenvalue weighted by atomic mass is 32.2. The van der Waals surface area contributed by atoms with Crippen LogP contribution in [0.2, 0.25) is 0 Å². The molecule has 13 heteroatoms. The molecule has 1 saturated heterocycles. The highest BCUT2D eigenvalue weighted by Crippen LogP contribution is 2.36. The number of anilines is 1. The fourth-order valence-corrected chi connectivity index (χ4v) is 4.83. The highest BCUT2D eigenvalue weighted by Gasteiger charge is 2.50. The fraction of sp³-hybridized carbons (Fsp3) is 0.333. The number of thioether (sulfide) groups is 1. The first-order chi connectivity index (χ1) is 15.0. The van der Waals surface area contributed by atoms with Crippen LogP contribution in [0.25, 0.3) is 0 Å². The van der Waals surface area contributed by atoms with Crippen molar-refractivity contribution < 1.29 is 24.1 Å². The van der Waals surface area contributed by atoms with Gasteiger partial charge >= 0.3 is 0 Å². The summed E-state index contributed by atoms with van der Waals surface area (Å²) in [5.41, 5.74) is 6.50. The number of carbonyl (C=O) groups is 2. The van der Waals surface area contributed by atoms with Gasteiger partial charge in [-0.25, -0.2) is 0 Å². The molecule has 0 aromatic carbocycles. The van der Waals surface area contributed by atoms with Gasteiger partial charge in [0.2, 0.25) is 17.7 Å². The van der Waals surface area contributed by atoms with Crippen molar-refractivity contribution >= 4 is 46.0 Å². The largest absolute Gasteiger partial charge is 0.503 e. The molecule has 0 aliphatic carbocycles. The van der Waals surface area contributed by atoms with E-state index in [1.54, 1.807) is 48.1 Å². The first-order valence-corrected chi connectivity index (χ1v) is 11.2. The van der Waals surface area contributed by atoms with Gasteiger partial charge in [-0.1, -0.05) is 5.16 Å². The van der Waals surface area contributed by atoms with Crippen LogP contribution in [0.5, 0.6) is 5.75 Å². The highest BCUT2D eigenvalue weighted by molar-refractivity contribution is 8.00. The summed E-state index contributed by atoms with van der Waals surface area (Å²) in [7, 11) is 0.